The summed E-state index contributed by atoms with van der Waals surface area (Å²) in [6.07, 6.45) is 2.01. The summed E-state index contributed by atoms with van der Waals surface area (Å²) < 4.78 is 2.57. The molecule has 0 saturated heterocycles. The van der Waals surface area contributed by atoms with Gasteiger partial charge in [0.25, 0.3) is 0 Å². The van der Waals surface area contributed by atoms with Crippen LogP contribution in [0.25, 0.3) is 11.1 Å². The molecular formula is C19H34N4Si3. The molecule has 0 fully saturated rings. The second-order valence-electron chi connectivity index (χ2n) is 9.85. The Bertz CT molecular complexity index is 730. The number of nitrogens with one attached hydrogen (secondary N) is 1. The van der Waals surface area contributed by atoms with Crippen molar-refractivity contribution in [3.05, 3.63) is 36.5 Å². The van der Waals surface area contributed by atoms with Crippen molar-refractivity contribution in [3.8, 4) is 11.1 Å². The predicted molar refractivity (Wildman–Crippen MR) is 124 cm³/mol. The lowest BCUT2D eigenvalue weighted by Gasteiger charge is -2.44. The van der Waals surface area contributed by atoms with E-state index in [1.54, 1.807) is 0 Å². The maximum Gasteiger partial charge on any atom is 0.210 e. The molecule has 0 aliphatic carbocycles. The van der Waals surface area contributed by atoms with Crippen LogP contribution in [0.3, 0.4) is 0 Å². The van der Waals surface area contributed by atoms with Crippen LogP contribution in [0.2, 0.25) is 58.9 Å². The highest BCUT2D eigenvalue weighted by molar-refractivity contribution is 6.99. The molecule has 0 aliphatic heterocycles. The molecule has 4 nitrogen and oxygen atoms in total. The topological polar surface area (TPSA) is 41.1 Å². The second kappa shape index (κ2) is 7.28. The number of benzene rings is 1. The van der Waals surface area contributed by atoms with Crippen molar-refractivity contribution >= 4 is 36.5 Å². The molecule has 1 heterocycles. The summed E-state index contributed by atoms with van der Waals surface area (Å²) in [6.45, 7) is 21.2. The van der Waals surface area contributed by atoms with E-state index in [0.29, 0.717) is 0 Å². The Morgan fingerprint density at radius 3 is 1.81 bits per heavy atom. The summed E-state index contributed by atoms with van der Waals surface area (Å²) in [5, 5.41) is 0. The van der Waals surface area contributed by atoms with Gasteiger partial charge in [0.15, 0.2) is 0 Å². The Labute approximate surface area is 162 Å². The normalized spacial score (nSPS) is 12.8. The molecule has 0 amide bonds. The highest BCUT2D eigenvalue weighted by Gasteiger charge is 2.36. The summed E-state index contributed by atoms with van der Waals surface area (Å²) in [5.41, 5.74) is 2.25. The van der Waals surface area contributed by atoms with E-state index in [9.17, 15) is 0 Å². The maximum absolute atomic E-state index is 5.08. The molecule has 0 atom stereocenters. The van der Waals surface area contributed by atoms with Crippen molar-refractivity contribution in [3.63, 3.8) is 0 Å². The number of anilines is 2. The molecule has 2 rings (SSSR count). The van der Waals surface area contributed by atoms with Gasteiger partial charge in [-0.25, -0.2) is 4.98 Å². The minimum atomic E-state index is -1.59. The zero-order valence-electron chi connectivity index (χ0n) is 17.8. The van der Waals surface area contributed by atoms with Crippen LogP contribution in [0.4, 0.5) is 11.8 Å². The van der Waals surface area contributed by atoms with Crippen molar-refractivity contribution in [1.82, 2.24) is 9.97 Å². The van der Waals surface area contributed by atoms with Gasteiger partial charge in [0.2, 0.25) is 5.95 Å². The fourth-order valence-corrected chi connectivity index (χ4v) is 13.7. The first-order chi connectivity index (χ1) is 11.8. The van der Waals surface area contributed by atoms with Crippen LogP contribution in [0.5, 0.6) is 0 Å². The molecule has 0 saturated carbocycles. The molecular weight excluding hydrogens is 368 g/mol. The number of nitrogens with zero attached hydrogens (tertiary/aromatic N) is 3. The molecule has 1 aromatic heterocycles. The Hall–Kier alpha value is -1.45. The van der Waals surface area contributed by atoms with E-state index in [4.69, 9.17) is 9.97 Å². The highest BCUT2D eigenvalue weighted by Crippen LogP contribution is 2.32. The fraction of sp³-hybridized carbons (Fsp3) is 0.474. The van der Waals surface area contributed by atoms with Crippen LogP contribution in [-0.2, 0) is 0 Å². The first-order valence-electron chi connectivity index (χ1n) is 9.30. The largest absolute Gasteiger partial charge is 0.395 e. The van der Waals surface area contributed by atoms with Crippen LogP contribution >= 0.6 is 0 Å². The van der Waals surface area contributed by atoms with Gasteiger partial charge in [0.05, 0.1) is 0 Å². The van der Waals surface area contributed by atoms with E-state index < -0.39 is 24.7 Å². The van der Waals surface area contributed by atoms with Gasteiger partial charge in [-0.05, 0) is 5.56 Å². The first kappa shape index (κ1) is 20.9. The van der Waals surface area contributed by atoms with E-state index in [0.717, 1.165) is 22.9 Å². The second-order valence-corrected chi connectivity index (χ2v) is 24.6. The summed E-state index contributed by atoms with van der Waals surface area (Å²) in [5.74, 6) is 1.87. The molecule has 7 heteroatoms. The average Bonchev–Trinajstić information content (AvgIpc) is 2.43. The van der Waals surface area contributed by atoms with Gasteiger partial charge in [-0.3, -0.25) is 0 Å². The summed E-state index contributed by atoms with van der Waals surface area (Å²) in [4.78, 5) is 13.7. The first-order valence-corrected chi connectivity index (χ1v) is 19.7. The smallest absolute Gasteiger partial charge is 0.210 e. The van der Waals surface area contributed by atoms with Crippen molar-refractivity contribution < 1.29 is 0 Å². The van der Waals surface area contributed by atoms with E-state index in [1.807, 2.05) is 12.3 Å². The third-order valence-corrected chi connectivity index (χ3v) is 12.0. The molecule has 2 aromatic rings. The Balaban J connectivity index is 2.62. The van der Waals surface area contributed by atoms with Gasteiger partial charge in [-0.15, -0.1) is 0 Å². The van der Waals surface area contributed by atoms with Crippen LogP contribution < -0.4 is 9.21 Å². The molecule has 0 unspecified atom stereocenters. The van der Waals surface area contributed by atoms with Gasteiger partial charge >= 0.3 is 0 Å². The molecule has 142 valence electrons. The van der Waals surface area contributed by atoms with Crippen molar-refractivity contribution in [2.45, 2.75) is 58.9 Å². The Kier molecular flexibility index (Phi) is 5.84. The molecule has 0 bridgehead atoms. The summed E-state index contributed by atoms with van der Waals surface area (Å²) >= 11 is 0. The third kappa shape index (κ3) is 5.28. The quantitative estimate of drug-likeness (QED) is 0.614. The molecule has 1 aromatic carbocycles. The van der Waals surface area contributed by atoms with Gasteiger partial charge < -0.3 is 9.21 Å². The molecule has 26 heavy (non-hydrogen) atoms. The van der Waals surface area contributed by atoms with Crippen LogP contribution in [0.15, 0.2) is 36.5 Å². The van der Waals surface area contributed by atoms with Crippen LogP contribution in [0, 0.1) is 0 Å². The maximum atomic E-state index is 5.08. The minimum absolute atomic E-state index is 0.892. The number of hydrogen-bond acceptors (Lipinski definition) is 4. The lowest BCUT2D eigenvalue weighted by atomic mass is 10.1. The van der Waals surface area contributed by atoms with Gasteiger partial charge in [-0.2, -0.15) is 4.98 Å². The Morgan fingerprint density at radius 2 is 1.35 bits per heavy atom. The number of hydrogen-bond donors (Lipinski definition) is 1. The van der Waals surface area contributed by atoms with Crippen LogP contribution in [-0.4, -0.2) is 34.7 Å². The van der Waals surface area contributed by atoms with Crippen molar-refractivity contribution in [2.75, 3.05) is 9.21 Å². The SMILES string of the molecule is C[Si](C)(C)Nc1nc(N([Si](C)(C)C)[Si](C)(C)C)ncc1-c1ccccc1. The average molecular weight is 403 g/mol. The van der Waals surface area contributed by atoms with Crippen molar-refractivity contribution in [1.29, 1.82) is 0 Å². The minimum Gasteiger partial charge on any atom is -0.395 e. The van der Waals surface area contributed by atoms with E-state index in [1.165, 1.54) is 0 Å². The molecule has 0 aliphatic rings. The monoisotopic (exact) mass is 402 g/mol. The summed E-state index contributed by atoms with van der Waals surface area (Å²) in [6, 6.07) is 10.4. The number of aromatic nitrogens is 2. The molecule has 1 N–H and O–H groups in total. The molecule has 0 spiro atoms. The summed E-state index contributed by atoms with van der Waals surface area (Å²) in [7, 11) is -4.72. The lowest BCUT2D eigenvalue weighted by Crippen LogP contribution is -2.60. The standard InChI is InChI=1S/C19H34N4Si3/c1-24(2,3)22-18-17(16-13-11-10-12-14-16)15-20-19(21-18)23(25(4,5)6)26(7,8)9/h10-15H,1-9H3,(H,20,21,22). The zero-order chi connectivity index (χ0) is 19.8. The fourth-order valence-electron chi connectivity index (χ4n) is 3.37. The van der Waals surface area contributed by atoms with E-state index in [-0.39, 0.29) is 0 Å². The van der Waals surface area contributed by atoms with E-state index >= 15 is 0 Å². The third-order valence-electron chi connectivity index (χ3n) is 3.90. The zero-order valence-corrected chi connectivity index (χ0v) is 20.8. The number of rotatable bonds is 6. The van der Waals surface area contributed by atoms with Gasteiger partial charge in [-0.1, -0.05) is 89.3 Å². The van der Waals surface area contributed by atoms with Crippen LogP contribution in [0.1, 0.15) is 0 Å². The van der Waals surface area contributed by atoms with Gasteiger partial charge in [0, 0.05) is 11.8 Å². The van der Waals surface area contributed by atoms with Gasteiger partial charge in [0.1, 0.15) is 30.5 Å². The van der Waals surface area contributed by atoms with E-state index in [2.05, 4.69) is 92.4 Å². The van der Waals surface area contributed by atoms with Crippen molar-refractivity contribution in [2.24, 2.45) is 0 Å². The lowest BCUT2D eigenvalue weighted by molar-refractivity contribution is 1.12. The molecule has 0 radical (unpaired) electrons. The Morgan fingerprint density at radius 1 is 0.808 bits per heavy atom. The highest BCUT2D eigenvalue weighted by atomic mass is 28.4. The predicted octanol–water partition coefficient (Wildman–Crippen LogP) is 5.87.